The number of likely N-dealkylation sites (tertiary alicyclic amines) is 1. The predicted octanol–water partition coefficient (Wildman–Crippen LogP) is 4.30. The number of nitrogens with zero attached hydrogens (tertiary/aromatic N) is 1. The molecule has 0 N–H and O–H groups in total. The molecule has 2 aliphatic rings. The first-order valence-electron chi connectivity index (χ1n) is 8.76. The molecule has 0 saturated carbocycles. The Hall–Kier alpha value is -1.13. The molecule has 2 atom stereocenters. The van der Waals surface area contributed by atoms with Gasteiger partial charge in [-0.15, -0.1) is 0 Å². The smallest absolute Gasteiger partial charge is 0.223 e. The van der Waals surface area contributed by atoms with Gasteiger partial charge in [0.05, 0.1) is 12.1 Å². The Morgan fingerprint density at radius 2 is 1.91 bits per heavy atom. The van der Waals surface area contributed by atoms with E-state index in [1.807, 2.05) is 0 Å². The lowest BCUT2D eigenvalue weighted by atomic mass is 10.1. The van der Waals surface area contributed by atoms with Crippen LogP contribution in [0.1, 0.15) is 50.8 Å². The van der Waals surface area contributed by atoms with Crippen LogP contribution in [0.2, 0.25) is 18.1 Å². The summed E-state index contributed by atoms with van der Waals surface area (Å²) in [6.07, 6.45) is 2.70. The number of rotatable bonds is 3. The summed E-state index contributed by atoms with van der Waals surface area (Å²) in [5.74, 6) is 0.288. The van der Waals surface area contributed by atoms with Gasteiger partial charge in [-0.1, -0.05) is 45.0 Å². The van der Waals surface area contributed by atoms with Crippen LogP contribution in [-0.4, -0.2) is 31.8 Å². The Labute approximate surface area is 141 Å². The maximum absolute atomic E-state index is 12.4. The first kappa shape index (κ1) is 16.7. The van der Waals surface area contributed by atoms with Crippen molar-refractivity contribution < 1.29 is 9.22 Å². The van der Waals surface area contributed by atoms with Gasteiger partial charge in [0.2, 0.25) is 5.91 Å². The molecule has 1 heterocycles. The Bertz CT molecular complexity index is 606. The van der Waals surface area contributed by atoms with E-state index in [1.165, 1.54) is 11.1 Å². The number of hydrogen-bond donors (Lipinski definition) is 0. The van der Waals surface area contributed by atoms with Crippen LogP contribution in [0.25, 0.3) is 0 Å². The van der Waals surface area contributed by atoms with E-state index in [0.717, 1.165) is 19.4 Å². The summed E-state index contributed by atoms with van der Waals surface area (Å²) in [5.41, 5.74) is 2.65. The summed E-state index contributed by atoms with van der Waals surface area (Å²) in [6.45, 7) is 12.3. The van der Waals surface area contributed by atoms with Crippen molar-refractivity contribution in [2.45, 2.75) is 70.3 Å². The zero-order valence-corrected chi connectivity index (χ0v) is 16.1. The van der Waals surface area contributed by atoms with Gasteiger partial charge in [-0.25, -0.2) is 0 Å². The number of carbonyl (C=O) groups is 1. The highest BCUT2D eigenvalue weighted by atomic mass is 28.4. The van der Waals surface area contributed by atoms with Gasteiger partial charge in [0.1, 0.15) is 0 Å². The Kier molecular flexibility index (Phi) is 4.17. The van der Waals surface area contributed by atoms with E-state index in [-0.39, 0.29) is 23.1 Å². The van der Waals surface area contributed by atoms with E-state index in [4.69, 9.17) is 4.43 Å². The second kappa shape index (κ2) is 5.74. The lowest BCUT2D eigenvalue weighted by molar-refractivity contribution is -0.131. The van der Waals surface area contributed by atoms with Gasteiger partial charge < -0.3 is 9.33 Å². The van der Waals surface area contributed by atoms with Gasteiger partial charge in [-0.2, -0.15) is 0 Å². The molecule has 1 saturated heterocycles. The third-order valence-electron chi connectivity index (χ3n) is 5.84. The SMILES string of the molecule is CC(C)(C)[Si](C)(C)O[C@@H]1Cc2ccccc2[C@@H]1N1CCCC1=O. The second-order valence-electron chi connectivity index (χ2n) is 8.46. The molecule has 0 radical (unpaired) electrons. The van der Waals surface area contributed by atoms with Crippen LogP contribution in [0.3, 0.4) is 0 Å². The Balaban J connectivity index is 1.92. The lowest BCUT2D eigenvalue weighted by Gasteiger charge is -2.41. The predicted molar refractivity (Wildman–Crippen MR) is 95.9 cm³/mol. The molecule has 0 spiro atoms. The summed E-state index contributed by atoms with van der Waals surface area (Å²) in [7, 11) is -1.86. The molecule has 0 aromatic heterocycles. The molecule has 1 amide bonds. The molecular formula is C19H29NO2Si. The van der Waals surface area contributed by atoms with E-state index in [0.29, 0.717) is 6.42 Å². The number of amides is 1. The van der Waals surface area contributed by atoms with Crippen LogP contribution >= 0.6 is 0 Å². The van der Waals surface area contributed by atoms with Gasteiger partial charge in [-0.3, -0.25) is 4.79 Å². The minimum Gasteiger partial charge on any atom is -0.411 e. The van der Waals surface area contributed by atoms with Crippen molar-refractivity contribution in [1.82, 2.24) is 4.90 Å². The molecular weight excluding hydrogens is 302 g/mol. The monoisotopic (exact) mass is 331 g/mol. The number of benzene rings is 1. The van der Waals surface area contributed by atoms with Crippen molar-refractivity contribution >= 4 is 14.2 Å². The zero-order valence-electron chi connectivity index (χ0n) is 15.1. The van der Waals surface area contributed by atoms with Crippen molar-refractivity contribution in [3.63, 3.8) is 0 Å². The van der Waals surface area contributed by atoms with Crippen LogP contribution in [0, 0.1) is 0 Å². The lowest BCUT2D eigenvalue weighted by Crippen LogP contribution is -2.47. The average molecular weight is 332 g/mol. The molecule has 1 aromatic carbocycles. The van der Waals surface area contributed by atoms with Crippen LogP contribution in [0.5, 0.6) is 0 Å². The highest BCUT2D eigenvalue weighted by Crippen LogP contribution is 2.44. The van der Waals surface area contributed by atoms with Crippen LogP contribution < -0.4 is 0 Å². The molecule has 3 nitrogen and oxygen atoms in total. The van der Waals surface area contributed by atoms with Crippen molar-refractivity contribution in [3.8, 4) is 0 Å². The maximum atomic E-state index is 12.4. The van der Waals surface area contributed by atoms with Gasteiger partial charge in [-0.05, 0) is 35.7 Å². The van der Waals surface area contributed by atoms with Crippen molar-refractivity contribution in [3.05, 3.63) is 35.4 Å². The number of carbonyl (C=O) groups excluding carboxylic acids is 1. The molecule has 3 rings (SSSR count). The third kappa shape index (κ3) is 2.99. The van der Waals surface area contributed by atoms with E-state index in [1.54, 1.807) is 0 Å². The average Bonchev–Trinajstić information content (AvgIpc) is 2.99. The summed E-state index contributed by atoms with van der Waals surface area (Å²) in [5, 5.41) is 0.182. The summed E-state index contributed by atoms with van der Waals surface area (Å²) in [6, 6.07) is 8.66. The van der Waals surface area contributed by atoms with Crippen molar-refractivity contribution in [2.24, 2.45) is 0 Å². The molecule has 1 aliphatic carbocycles. The van der Waals surface area contributed by atoms with E-state index >= 15 is 0 Å². The fourth-order valence-corrected chi connectivity index (χ4v) is 4.85. The number of fused-ring (bicyclic) bond motifs is 1. The van der Waals surface area contributed by atoms with Gasteiger partial charge in [0, 0.05) is 19.4 Å². The van der Waals surface area contributed by atoms with E-state index in [2.05, 4.69) is 63.0 Å². The van der Waals surface area contributed by atoms with Gasteiger partial charge >= 0.3 is 0 Å². The minimum absolute atomic E-state index is 0.107. The van der Waals surface area contributed by atoms with Gasteiger partial charge in [0.15, 0.2) is 8.32 Å². The summed E-state index contributed by atoms with van der Waals surface area (Å²) >= 11 is 0. The normalized spacial score (nSPS) is 25.1. The zero-order chi connectivity index (χ0) is 16.8. The topological polar surface area (TPSA) is 29.5 Å². The molecule has 1 fully saturated rings. The highest BCUT2D eigenvalue weighted by molar-refractivity contribution is 6.74. The summed E-state index contributed by atoms with van der Waals surface area (Å²) in [4.78, 5) is 14.4. The molecule has 1 aliphatic heterocycles. The second-order valence-corrected chi connectivity index (χ2v) is 13.2. The maximum Gasteiger partial charge on any atom is 0.223 e. The Morgan fingerprint density at radius 1 is 1.22 bits per heavy atom. The van der Waals surface area contributed by atoms with Crippen LogP contribution in [-0.2, 0) is 15.6 Å². The first-order chi connectivity index (χ1) is 10.7. The minimum atomic E-state index is -1.86. The molecule has 1 aromatic rings. The molecule has 23 heavy (non-hydrogen) atoms. The Morgan fingerprint density at radius 3 is 2.52 bits per heavy atom. The molecule has 0 bridgehead atoms. The first-order valence-corrected chi connectivity index (χ1v) is 11.7. The number of hydrogen-bond acceptors (Lipinski definition) is 2. The van der Waals surface area contributed by atoms with E-state index < -0.39 is 8.32 Å². The third-order valence-corrected chi connectivity index (χ3v) is 10.3. The van der Waals surface area contributed by atoms with Gasteiger partial charge in [0.25, 0.3) is 0 Å². The molecule has 0 unspecified atom stereocenters. The van der Waals surface area contributed by atoms with Crippen molar-refractivity contribution in [2.75, 3.05) is 6.54 Å². The molecule has 4 heteroatoms. The largest absolute Gasteiger partial charge is 0.411 e. The highest BCUT2D eigenvalue weighted by Gasteiger charge is 2.46. The molecule has 126 valence electrons. The standard InChI is InChI=1S/C19H29NO2Si/c1-19(2,3)23(4,5)22-16-13-14-9-6-7-10-15(14)18(16)20-12-8-11-17(20)21/h6-7,9-10,16,18H,8,11-13H2,1-5H3/t16-,18+/m1/s1. The quantitative estimate of drug-likeness (QED) is 0.773. The van der Waals surface area contributed by atoms with Crippen LogP contribution in [0.15, 0.2) is 24.3 Å². The fourth-order valence-electron chi connectivity index (χ4n) is 3.53. The fraction of sp³-hybridized carbons (Fsp3) is 0.632. The van der Waals surface area contributed by atoms with Crippen LogP contribution in [0.4, 0.5) is 0 Å². The van der Waals surface area contributed by atoms with Crippen molar-refractivity contribution in [1.29, 1.82) is 0 Å². The van der Waals surface area contributed by atoms with E-state index in [9.17, 15) is 4.79 Å². The summed E-state index contributed by atoms with van der Waals surface area (Å²) < 4.78 is 6.76.